The maximum Gasteiger partial charge on any atom is 0.372 e. The lowest BCUT2D eigenvalue weighted by Gasteiger charge is -2.21. The van der Waals surface area contributed by atoms with Crippen molar-refractivity contribution in [2.45, 2.75) is 4.90 Å². The SMILES string of the molecule is O=C(O)C(=O)C1CS(=O)(=O)c2cc(F)ccc2C1=O. The van der Waals surface area contributed by atoms with E-state index in [9.17, 15) is 27.2 Å². The fraction of sp³-hybridized carbons (Fsp3) is 0.182. The van der Waals surface area contributed by atoms with Gasteiger partial charge < -0.3 is 5.11 Å². The first-order chi connectivity index (χ1) is 8.74. The van der Waals surface area contributed by atoms with Crippen LogP contribution in [0.2, 0.25) is 0 Å². The van der Waals surface area contributed by atoms with Gasteiger partial charge in [-0.1, -0.05) is 0 Å². The Morgan fingerprint density at radius 2 is 1.95 bits per heavy atom. The van der Waals surface area contributed by atoms with Crippen LogP contribution in [0.3, 0.4) is 0 Å². The molecule has 1 unspecified atom stereocenters. The van der Waals surface area contributed by atoms with Crippen LogP contribution in [0, 0.1) is 11.7 Å². The van der Waals surface area contributed by atoms with E-state index in [1.807, 2.05) is 0 Å². The molecule has 100 valence electrons. The first-order valence-corrected chi connectivity index (χ1v) is 6.73. The first-order valence-electron chi connectivity index (χ1n) is 5.07. The van der Waals surface area contributed by atoms with Gasteiger partial charge in [-0.15, -0.1) is 0 Å². The highest BCUT2D eigenvalue weighted by Crippen LogP contribution is 2.29. The highest BCUT2D eigenvalue weighted by Gasteiger charge is 2.43. The molecule has 0 saturated heterocycles. The van der Waals surface area contributed by atoms with Crippen LogP contribution >= 0.6 is 0 Å². The highest BCUT2D eigenvalue weighted by atomic mass is 32.2. The van der Waals surface area contributed by atoms with Crippen LogP contribution < -0.4 is 0 Å². The zero-order chi connectivity index (χ0) is 14.4. The average molecular weight is 286 g/mol. The van der Waals surface area contributed by atoms with E-state index in [4.69, 9.17) is 5.11 Å². The van der Waals surface area contributed by atoms with Crippen LogP contribution in [0.5, 0.6) is 0 Å². The van der Waals surface area contributed by atoms with Crippen molar-refractivity contribution in [3.8, 4) is 0 Å². The number of carboxylic acid groups (broad SMARTS) is 1. The molecule has 1 N–H and O–H groups in total. The van der Waals surface area contributed by atoms with Gasteiger partial charge in [0.2, 0.25) is 0 Å². The van der Waals surface area contributed by atoms with E-state index in [2.05, 4.69) is 0 Å². The smallest absolute Gasteiger partial charge is 0.372 e. The standard InChI is InChI=1S/C11H7FO6S/c12-5-1-2-6-8(3-5)19(17,18)4-7(9(6)13)10(14)11(15)16/h1-3,7H,4H2,(H,15,16). The molecule has 1 aliphatic rings. The second-order valence-corrected chi connectivity index (χ2v) is 6.01. The van der Waals surface area contributed by atoms with Gasteiger partial charge in [0, 0.05) is 5.56 Å². The molecule has 0 aliphatic carbocycles. The molecule has 1 aromatic rings. The van der Waals surface area contributed by atoms with Gasteiger partial charge in [0.1, 0.15) is 11.7 Å². The predicted molar refractivity (Wildman–Crippen MR) is 58.9 cm³/mol. The molecular formula is C11H7FO6S. The van der Waals surface area contributed by atoms with E-state index >= 15 is 0 Å². The molecule has 0 saturated carbocycles. The summed E-state index contributed by atoms with van der Waals surface area (Å²) >= 11 is 0. The summed E-state index contributed by atoms with van der Waals surface area (Å²) in [6.45, 7) is 0. The highest BCUT2D eigenvalue weighted by molar-refractivity contribution is 7.91. The van der Waals surface area contributed by atoms with Crippen LogP contribution in [0.4, 0.5) is 4.39 Å². The first kappa shape index (κ1) is 13.3. The van der Waals surface area contributed by atoms with E-state index in [1.165, 1.54) is 0 Å². The zero-order valence-electron chi connectivity index (χ0n) is 9.29. The monoisotopic (exact) mass is 286 g/mol. The lowest BCUT2D eigenvalue weighted by Crippen LogP contribution is -2.39. The Morgan fingerprint density at radius 3 is 2.53 bits per heavy atom. The number of halogens is 1. The van der Waals surface area contributed by atoms with E-state index in [0.717, 1.165) is 12.1 Å². The van der Waals surface area contributed by atoms with Gasteiger partial charge in [0.05, 0.1) is 10.6 Å². The number of carbonyl (C=O) groups excluding carboxylic acids is 2. The van der Waals surface area contributed by atoms with E-state index in [-0.39, 0.29) is 5.56 Å². The van der Waals surface area contributed by atoms with Crippen molar-refractivity contribution < 1.29 is 32.3 Å². The van der Waals surface area contributed by atoms with Gasteiger partial charge >= 0.3 is 5.97 Å². The Balaban J connectivity index is 2.62. The summed E-state index contributed by atoms with van der Waals surface area (Å²) in [4.78, 5) is 33.3. The number of hydrogen-bond donors (Lipinski definition) is 1. The largest absolute Gasteiger partial charge is 0.475 e. The summed E-state index contributed by atoms with van der Waals surface area (Å²) in [7, 11) is -4.07. The number of carboxylic acids is 1. The maximum atomic E-state index is 13.0. The number of aliphatic carboxylic acids is 1. The molecule has 0 spiro atoms. The Morgan fingerprint density at radius 1 is 1.32 bits per heavy atom. The summed E-state index contributed by atoms with van der Waals surface area (Å²) in [6.07, 6.45) is 0. The fourth-order valence-corrected chi connectivity index (χ4v) is 3.59. The Kier molecular flexibility index (Phi) is 2.97. The third-order valence-corrected chi connectivity index (χ3v) is 4.55. The van der Waals surface area contributed by atoms with Gasteiger partial charge in [-0.3, -0.25) is 9.59 Å². The minimum atomic E-state index is -4.07. The number of Topliss-reactive ketones (excluding diaryl/α,β-unsaturated/α-hetero) is 2. The molecule has 2 rings (SSSR count). The number of rotatable bonds is 2. The number of ketones is 2. The molecule has 0 amide bonds. The minimum Gasteiger partial charge on any atom is -0.475 e. The molecule has 0 aromatic heterocycles. The number of sulfone groups is 1. The van der Waals surface area contributed by atoms with Crippen molar-refractivity contribution in [3.05, 3.63) is 29.6 Å². The maximum absolute atomic E-state index is 13.0. The molecule has 0 fully saturated rings. The molecule has 1 heterocycles. The molecule has 0 bridgehead atoms. The lowest BCUT2D eigenvalue weighted by atomic mass is 9.94. The van der Waals surface area contributed by atoms with E-state index < -0.39 is 49.8 Å². The number of fused-ring (bicyclic) bond motifs is 1. The average Bonchev–Trinajstić information content (AvgIpc) is 2.33. The number of benzene rings is 1. The molecule has 1 aliphatic heterocycles. The quantitative estimate of drug-likeness (QED) is 0.609. The summed E-state index contributed by atoms with van der Waals surface area (Å²) in [5, 5.41) is 8.56. The fourth-order valence-electron chi connectivity index (χ4n) is 1.87. The molecular weight excluding hydrogens is 279 g/mol. The Bertz CT molecular complexity index is 706. The molecule has 19 heavy (non-hydrogen) atoms. The molecule has 1 aromatic carbocycles. The van der Waals surface area contributed by atoms with Crippen LogP contribution in [-0.4, -0.2) is 36.8 Å². The van der Waals surface area contributed by atoms with Crippen LogP contribution in [-0.2, 0) is 19.4 Å². The summed E-state index contributed by atoms with van der Waals surface area (Å²) < 4.78 is 36.7. The lowest BCUT2D eigenvalue weighted by molar-refractivity contribution is -0.150. The van der Waals surface area contributed by atoms with Gasteiger partial charge in [0.25, 0.3) is 5.78 Å². The molecule has 6 nitrogen and oxygen atoms in total. The second-order valence-electron chi connectivity index (χ2n) is 4.01. The Hall–Kier alpha value is -2.09. The molecule has 1 atom stereocenters. The number of hydrogen-bond acceptors (Lipinski definition) is 5. The van der Waals surface area contributed by atoms with E-state index in [0.29, 0.717) is 6.07 Å². The van der Waals surface area contributed by atoms with Crippen molar-refractivity contribution in [2.75, 3.05) is 5.75 Å². The van der Waals surface area contributed by atoms with Crippen molar-refractivity contribution in [1.82, 2.24) is 0 Å². The third-order valence-electron chi connectivity index (χ3n) is 2.77. The van der Waals surface area contributed by atoms with Gasteiger partial charge in [-0.2, -0.15) is 0 Å². The topological polar surface area (TPSA) is 106 Å². The van der Waals surface area contributed by atoms with Gasteiger partial charge in [-0.05, 0) is 18.2 Å². The van der Waals surface area contributed by atoms with Crippen LogP contribution in [0.1, 0.15) is 10.4 Å². The van der Waals surface area contributed by atoms with Crippen molar-refractivity contribution >= 4 is 27.4 Å². The third kappa shape index (κ3) is 2.14. The van der Waals surface area contributed by atoms with E-state index in [1.54, 1.807) is 0 Å². The van der Waals surface area contributed by atoms with Crippen molar-refractivity contribution in [1.29, 1.82) is 0 Å². The summed E-state index contributed by atoms with van der Waals surface area (Å²) in [5.41, 5.74) is -0.354. The second kappa shape index (κ2) is 4.23. The zero-order valence-corrected chi connectivity index (χ0v) is 10.1. The van der Waals surface area contributed by atoms with Crippen LogP contribution in [0.25, 0.3) is 0 Å². The Labute approximate surface area is 106 Å². The van der Waals surface area contributed by atoms with Crippen LogP contribution in [0.15, 0.2) is 23.1 Å². The van der Waals surface area contributed by atoms with Gasteiger partial charge in [-0.25, -0.2) is 17.6 Å². The van der Waals surface area contributed by atoms with Crippen molar-refractivity contribution in [3.63, 3.8) is 0 Å². The summed E-state index contributed by atoms with van der Waals surface area (Å²) in [6, 6.07) is 2.50. The number of carbonyl (C=O) groups is 3. The minimum absolute atomic E-state index is 0.354. The predicted octanol–water partition coefficient (Wildman–Crippen LogP) is 0.0656. The normalized spacial score (nSPS) is 20.7. The molecule has 0 radical (unpaired) electrons. The van der Waals surface area contributed by atoms with Gasteiger partial charge in [0.15, 0.2) is 15.6 Å². The van der Waals surface area contributed by atoms with Crippen molar-refractivity contribution in [2.24, 2.45) is 5.92 Å². The molecule has 8 heteroatoms. The summed E-state index contributed by atoms with van der Waals surface area (Å²) in [5.74, 6) is -7.84.